The molecule has 0 bridgehead atoms. The van der Waals surface area contributed by atoms with Gasteiger partial charge >= 0.3 is 0 Å². The first-order valence-corrected chi connectivity index (χ1v) is 9.50. The van der Waals surface area contributed by atoms with Gasteiger partial charge in [0.1, 0.15) is 26.2 Å². The van der Waals surface area contributed by atoms with Crippen molar-refractivity contribution in [3.8, 4) is 0 Å². The SMILES string of the molecule is CCC(C)(C)n1nnnc1[C@@H](c1ccc(Cl)cc1)[NH+]1CC[NH+](C)CC1. The van der Waals surface area contributed by atoms with Gasteiger partial charge in [-0.15, -0.1) is 5.10 Å². The fourth-order valence-corrected chi connectivity index (χ4v) is 3.59. The number of tetrazole rings is 1. The standard InChI is InChI=1S/C18H27ClN6/c1-5-18(2,3)25-17(20-21-22-25)16(14-6-8-15(19)9-7-14)24-12-10-23(4)11-13-24/h6-9,16H,5,10-13H2,1-4H3/p+2/t16-/m1/s1. The highest BCUT2D eigenvalue weighted by Gasteiger charge is 2.37. The van der Waals surface area contributed by atoms with E-state index in [1.54, 1.807) is 4.90 Å². The van der Waals surface area contributed by atoms with E-state index < -0.39 is 0 Å². The monoisotopic (exact) mass is 364 g/mol. The number of quaternary nitrogens is 2. The molecule has 0 saturated carbocycles. The minimum Gasteiger partial charge on any atom is -0.328 e. The number of nitrogens with zero attached hydrogens (tertiary/aromatic N) is 4. The fraction of sp³-hybridized carbons (Fsp3) is 0.611. The Morgan fingerprint density at radius 3 is 2.40 bits per heavy atom. The molecule has 2 aromatic rings. The molecular formula is C18H29ClN6+2. The third-order valence-electron chi connectivity index (χ3n) is 5.55. The number of rotatable bonds is 5. The zero-order chi connectivity index (χ0) is 18.0. The third kappa shape index (κ3) is 3.86. The van der Waals surface area contributed by atoms with Crippen LogP contribution in [0.4, 0.5) is 0 Å². The fourth-order valence-electron chi connectivity index (χ4n) is 3.46. The predicted molar refractivity (Wildman–Crippen MR) is 98.0 cm³/mol. The Morgan fingerprint density at radius 1 is 1.16 bits per heavy atom. The molecule has 7 heteroatoms. The first-order chi connectivity index (χ1) is 11.9. The molecule has 1 aromatic heterocycles. The molecule has 1 aliphatic heterocycles. The first kappa shape index (κ1) is 18.3. The minimum absolute atomic E-state index is 0.110. The van der Waals surface area contributed by atoms with Crippen LogP contribution in [-0.2, 0) is 5.54 Å². The van der Waals surface area contributed by atoms with E-state index in [9.17, 15) is 0 Å². The minimum atomic E-state index is -0.110. The first-order valence-electron chi connectivity index (χ1n) is 9.12. The lowest BCUT2D eigenvalue weighted by Crippen LogP contribution is -3.27. The zero-order valence-corrected chi connectivity index (χ0v) is 16.3. The summed E-state index contributed by atoms with van der Waals surface area (Å²) in [6.07, 6.45) is 0.973. The van der Waals surface area contributed by atoms with Crippen molar-refractivity contribution in [2.75, 3.05) is 33.2 Å². The van der Waals surface area contributed by atoms with Crippen LogP contribution in [0, 0.1) is 0 Å². The smallest absolute Gasteiger partial charge is 0.214 e. The summed E-state index contributed by atoms with van der Waals surface area (Å²) < 4.78 is 2.02. The van der Waals surface area contributed by atoms with Gasteiger partial charge in [-0.1, -0.05) is 30.7 Å². The van der Waals surface area contributed by atoms with Gasteiger partial charge in [0.05, 0.1) is 12.6 Å². The van der Waals surface area contributed by atoms with Crippen molar-refractivity contribution in [2.45, 2.75) is 38.8 Å². The topological polar surface area (TPSA) is 52.5 Å². The van der Waals surface area contributed by atoms with Gasteiger partial charge in [0.15, 0.2) is 6.04 Å². The molecule has 136 valence electrons. The molecule has 0 radical (unpaired) electrons. The Labute approximate surface area is 154 Å². The number of aromatic nitrogens is 4. The second-order valence-corrected chi connectivity index (χ2v) is 8.15. The maximum Gasteiger partial charge on any atom is 0.214 e. The molecule has 1 aromatic carbocycles. The zero-order valence-electron chi connectivity index (χ0n) is 15.6. The normalized spacial score (nSPS) is 22.8. The van der Waals surface area contributed by atoms with Crippen LogP contribution in [0.3, 0.4) is 0 Å². The number of halogens is 1. The second-order valence-electron chi connectivity index (χ2n) is 7.71. The van der Waals surface area contributed by atoms with E-state index in [1.165, 1.54) is 10.5 Å². The van der Waals surface area contributed by atoms with Crippen LogP contribution in [-0.4, -0.2) is 53.4 Å². The van der Waals surface area contributed by atoms with E-state index >= 15 is 0 Å². The molecule has 1 fully saturated rings. The summed E-state index contributed by atoms with van der Waals surface area (Å²) in [6, 6.07) is 8.28. The Balaban J connectivity index is 2.03. The molecular weight excluding hydrogens is 336 g/mol. The van der Waals surface area contributed by atoms with Crippen LogP contribution in [0.15, 0.2) is 24.3 Å². The second kappa shape index (κ2) is 7.40. The van der Waals surface area contributed by atoms with Gasteiger partial charge < -0.3 is 9.80 Å². The van der Waals surface area contributed by atoms with Crippen LogP contribution >= 0.6 is 11.6 Å². The molecule has 0 aliphatic carbocycles. The van der Waals surface area contributed by atoms with E-state index in [-0.39, 0.29) is 11.6 Å². The molecule has 3 rings (SSSR count). The number of likely N-dealkylation sites (N-methyl/N-ethyl adjacent to an activating group) is 1. The van der Waals surface area contributed by atoms with Gasteiger partial charge in [-0.25, -0.2) is 4.68 Å². The Bertz CT molecular complexity index is 688. The average molecular weight is 365 g/mol. The van der Waals surface area contributed by atoms with Crippen LogP contribution in [0.25, 0.3) is 0 Å². The van der Waals surface area contributed by atoms with Crippen molar-refractivity contribution < 1.29 is 9.80 Å². The van der Waals surface area contributed by atoms with Crippen molar-refractivity contribution in [3.05, 3.63) is 40.7 Å². The van der Waals surface area contributed by atoms with Crippen LogP contribution in [0.2, 0.25) is 5.02 Å². The highest BCUT2D eigenvalue weighted by molar-refractivity contribution is 6.30. The molecule has 0 unspecified atom stereocenters. The quantitative estimate of drug-likeness (QED) is 0.783. The van der Waals surface area contributed by atoms with E-state index in [1.807, 2.05) is 16.8 Å². The molecule has 25 heavy (non-hydrogen) atoms. The van der Waals surface area contributed by atoms with Gasteiger partial charge in [0.25, 0.3) is 0 Å². The molecule has 6 nitrogen and oxygen atoms in total. The molecule has 2 heterocycles. The van der Waals surface area contributed by atoms with Gasteiger partial charge in [0, 0.05) is 10.6 Å². The van der Waals surface area contributed by atoms with Crippen LogP contribution in [0.1, 0.15) is 44.6 Å². The Hall–Kier alpha value is -1.50. The highest BCUT2D eigenvalue weighted by atomic mass is 35.5. The van der Waals surface area contributed by atoms with Crippen molar-refractivity contribution in [3.63, 3.8) is 0 Å². The van der Waals surface area contributed by atoms with Gasteiger partial charge in [-0.3, -0.25) is 0 Å². The summed E-state index contributed by atoms with van der Waals surface area (Å²) in [5, 5.41) is 13.6. The Kier molecular flexibility index (Phi) is 5.41. The average Bonchev–Trinajstić information content (AvgIpc) is 3.09. The van der Waals surface area contributed by atoms with E-state index in [0.717, 1.165) is 43.4 Å². The van der Waals surface area contributed by atoms with Crippen LogP contribution < -0.4 is 9.80 Å². The number of hydrogen-bond acceptors (Lipinski definition) is 3. The number of hydrogen-bond donors (Lipinski definition) is 2. The summed E-state index contributed by atoms with van der Waals surface area (Å²) in [4.78, 5) is 3.11. The summed E-state index contributed by atoms with van der Waals surface area (Å²) in [5.74, 6) is 0.948. The lowest BCUT2D eigenvalue weighted by molar-refractivity contribution is -1.02. The lowest BCUT2D eigenvalue weighted by atomic mass is 9.99. The molecule has 0 spiro atoms. The highest BCUT2D eigenvalue weighted by Crippen LogP contribution is 2.25. The van der Waals surface area contributed by atoms with E-state index in [2.05, 4.69) is 55.5 Å². The van der Waals surface area contributed by atoms with E-state index in [4.69, 9.17) is 11.6 Å². The molecule has 1 saturated heterocycles. The molecule has 0 amide bonds. The predicted octanol–water partition coefficient (Wildman–Crippen LogP) is -0.0258. The summed E-state index contributed by atoms with van der Waals surface area (Å²) in [5.41, 5.74) is 1.11. The van der Waals surface area contributed by atoms with Crippen LogP contribution in [0.5, 0.6) is 0 Å². The summed E-state index contributed by atoms with van der Waals surface area (Å²) >= 11 is 6.12. The van der Waals surface area contributed by atoms with Gasteiger partial charge in [-0.05, 0) is 42.8 Å². The van der Waals surface area contributed by atoms with Crippen molar-refractivity contribution in [1.29, 1.82) is 0 Å². The van der Waals surface area contributed by atoms with E-state index in [0.29, 0.717) is 0 Å². The Morgan fingerprint density at radius 2 is 1.80 bits per heavy atom. The van der Waals surface area contributed by atoms with Crippen molar-refractivity contribution in [1.82, 2.24) is 20.2 Å². The van der Waals surface area contributed by atoms with Crippen molar-refractivity contribution >= 4 is 11.6 Å². The lowest BCUT2D eigenvalue weighted by Gasteiger charge is -2.34. The van der Waals surface area contributed by atoms with Crippen molar-refractivity contribution in [2.24, 2.45) is 0 Å². The summed E-state index contributed by atoms with van der Waals surface area (Å²) in [7, 11) is 2.26. The number of nitrogens with one attached hydrogen (secondary N) is 2. The maximum absolute atomic E-state index is 6.12. The molecule has 1 atom stereocenters. The van der Waals surface area contributed by atoms with Gasteiger partial charge in [0.2, 0.25) is 5.82 Å². The largest absolute Gasteiger partial charge is 0.328 e. The molecule has 2 N–H and O–H groups in total. The maximum atomic E-state index is 6.12. The summed E-state index contributed by atoms with van der Waals surface area (Å²) in [6.45, 7) is 11.1. The number of benzene rings is 1. The third-order valence-corrected chi connectivity index (χ3v) is 5.80. The van der Waals surface area contributed by atoms with Gasteiger partial charge in [-0.2, -0.15) is 0 Å². The number of piperazine rings is 1. The molecule has 1 aliphatic rings.